The fourth-order valence-corrected chi connectivity index (χ4v) is 2.70. The average Bonchev–Trinajstić information content (AvgIpc) is 2.68. The second-order valence-corrected chi connectivity index (χ2v) is 6.29. The molecule has 2 nitrogen and oxygen atoms in total. The molecule has 0 unspecified atom stereocenters. The number of rotatable bonds is 2. The zero-order valence-corrected chi connectivity index (χ0v) is 11.8. The molecular weight excluding hydrogens is 357 g/mol. The largest absolute Gasteiger partial charge is 0.321 e. The number of amides is 1. The lowest BCUT2D eigenvalue weighted by Crippen LogP contribution is -2.10. The molecule has 1 amide bonds. The molecule has 0 saturated carbocycles. The highest BCUT2D eigenvalue weighted by Crippen LogP contribution is 2.22. The summed E-state index contributed by atoms with van der Waals surface area (Å²) in [6.07, 6.45) is 0. The summed E-state index contributed by atoms with van der Waals surface area (Å²) in [6.45, 7) is 0. The van der Waals surface area contributed by atoms with Gasteiger partial charge < -0.3 is 5.32 Å². The predicted molar refractivity (Wildman–Crippen MR) is 76.4 cm³/mol. The molecule has 1 aromatic carbocycles. The maximum absolute atomic E-state index is 11.8. The second-order valence-electron chi connectivity index (χ2n) is 3.07. The fourth-order valence-electron chi connectivity index (χ4n) is 1.19. The van der Waals surface area contributed by atoms with E-state index < -0.39 is 0 Å². The number of halogens is 2. The van der Waals surface area contributed by atoms with Gasteiger partial charge in [-0.3, -0.25) is 4.79 Å². The van der Waals surface area contributed by atoms with Crippen LogP contribution >= 0.6 is 45.5 Å². The van der Waals surface area contributed by atoms with Crippen molar-refractivity contribution in [1.82, 2.24) is 0 Å². The molecule has 0 fully saturated rings. The van der Waals surface area contributed by atoms with Gasteiger partial charge in [-0.2, -0.15) is 0 Å². The minimum atomic E-state index is -0.132. The minimum absolute atomic E-state index is 0.132. The van der Waals surface area contributed by atoms with Crippen LogP contribution in [0.15, 0.2) is 35.7 Å². The van der Waals surface area contributed by atoms with E-state index in [0.29, 0.717) is 16.3 Å². The summed E-state index contributed by atoms with van der Waals surface area (Å²) in [5.41, 5.74) is 1.30. The first kappa shape index (κ1) is 11.9. The summed E-state index contributed by atoms with van der Waals surface area (Å²) in [7, 11) is 0. The van der Waals surface area contributed by atoms with Crippen LogP contribution in [0.4, 0.5) is 5.69 Å². The molecule has 0 aliphatic carbocycles. The molecular formula is C11H7ClINOS. The van der Waals surface area contributed by atoms with E-state index >= 15 is 0 Å². The Morgan fingerprint density at radius 2 is 2.12 bits per heavy atom. The van der Waals surface area contributed by atoms with Crippen LogP contribution in [0.2, 0.25) is 5.02 Å². The van der Waals surface area contributed by atoms with E-state index in [1.54, 1.807) is 23.5 Å². The molecule has 0 bridgehead atoms. The van der Waals surface area contributed by atoms with Gasteiger partial charge in [0.05, 0.1) is 19.2 Å². The summed E-state index contributed by atoms with van der Waals surface area (Å²) in [4.78, 5) is 11.8. The Balaban J connectivity index is 2.17. The number of carbonyl (C=O) groups is 1. The molecule has 82 valence electrons. The molecule has 5 heteroatoms. The van der Waals surface area contributed by atoms with E-state index in [1.165, 1.54) is 0 Å². The summed E-state index contributed by atoms with van der Waals surface area (Å²) in [5.74, 6) is -0.132. The number of hydrogen-bond acceptors (Lipinski definition) is 2. The quantitative estimate of drug-likeness (QED) is 0.794. The fraction of sp³-hybridized carbons (Fsp3) is 0. The summed E-state index contributed by atoms with van der Waals surface area (Å²) in [6, 6.07) is 9.02. The molecule has 2 rings (SSSR count). The summed E-state index contributed by atoms with van der Waals surface area (Å²) in [5, 5.41) is 5.14. The number of para-hydroxylation sites is 1. The number of anilines is 1. The molecule has 1 heterocycles. The van der Waals surface area contributed by atoms with Crippen molar-refractivity contribution in [2.75, 3.05) is 5.32 Å². The summed E-state index contributed by atoms with van der Waals surface area (Å²) >= 11 is 9.67. The molecule has 0 atom stereocenters. The number of thiophene rings is 1. The Morgan fingerprint density at radius 3 is 2.75 bits per heavy atom. The number of carbonyl (C=O) groups excluding carboxylic acids is 1. The van der Waals surface area contributed by atoms with Crippen LogP contribution in [0, 0.1) is 2.88 Å². The van der Waals surface area contributed by atoms with Gasteiger partial charge in [0.25, 0.3) is 5.91 Å². The number of hydrogen-bond donors (Lipinski definition) is 1. The van der Waals surface area contributed by atoms with E-state index in [0.717, 1.165) is 2.88 Å². The van der Waals surface area contributed by atoms with Crippen molar-refractivity contribution in [3.8, 4) is 0 Å². The van der Waals surface area contributed by atoms with Crippen LogP contribution in [0.3, 0.4) is 0 Å². The highest BCUT2D eigenvalue weighted by molar-refractivity contribution is 14.1. The minimum Gasteiger partial charge on any atom is -0.321 e. The Kier molecular flexibility index (Phi) is 3.83. The van der Waals surface area contributed by atoms with E-state index in [9.17, 15) is 4.79 Å². The second kappa shape index (κ2) is 5.16. The molecule has 0 radical (unpaired) electrons. The van der Waals surface area contributed by atoms with E-state index in [-0.39, 0.29) is 5.91 Å². The lowest BCUT2D eigenvalue weighted by molar-refractivity contribution is 0.102. The van der Waals surface area contributed by atoms with E-state index in [4.69, 9.17) is 11.6 Å². The van der Waals surface area contributed by atoms with Crippen molar-refractivity contribution in [2.45, 2.75) is 0 Å². The van der Waals surface area contributed by atoms with E-state index in [2.05, 4.69) is 27.9 Å². The highest BCUT2D eigenvalue weighted by Gasteiger charge is 2.09. The predicted octanol–water partition coefficient (Wildman–Crippen LogP) is 4.26. The van der Waals surface area contributed by atoms with E-state index in [1.807, 2.05) is 23.6 Å². The molecule has 0 aliphatic heterocycles. The molecule has 1 aromatic heterocycles. The average molecular weight is 364 g/mol. The number of benzene rings is 1. The van der Waals surface area contributed by atoms with Crippen LogP contribution in [-0.4, -0.2) is 5.91 Å². The van der Waals surface area contributed by atoms with Crippen LogP contribution in [-0.2, 0) is 0 Å². The van der Waals surface area contributed by atoms with Gasteiger partial charge in [0, 0.05) is 5.38 Å². The monoisotopic (exact) mass is 363 g/mol. The Bertz CT molecular complexity index is 526. The number of nitrogens with one attached hydrogen (secondary N) is 1. The van der Waals surface area contributed by atoms with Crippen LogP contribution < -0.4 is 5.32 Å². The van der Waals surface area contributed by atoms with Gasteiger partial charge in [-0.15, -0.1) is 11.3 Å². The zero-order valence-electron chi connectivity index (χ0n) is 8.04. The third kappa shape index (κ3) is 2.75. The molecule has 0 saturated heterocycles. The normalized spacial score (nSPS) is 10.1. The SMILES string of the molecule is O=C(Nc1ccccc1Cl)c1csc(I)c1. The lowest BCUT2D eigenvalue weighted by atomic mass is 10.3. The van der Waals surface area contributed by atoms with Gasteiger partial charge in [-0.05, 0) is 40.8 Å². The standard InChI is InChI=1S/C11H7ClINOS/c12-8-3-1-2-4-9(8)14-11(15)7-5-10(13)16-6-7/h1-6H,(H,14,15). The Hall–Kier alpha value is -0.590. The van der Waals surface area contributed by atoms with Crippen molar-refractivity contribution in [3.63, 3.8) is 0 Å². The maximum Gasteiger partial charge on any atom is 0.256 e. The van der Waals surface area contributed by atoms with Crippen molar-refractivity contribution in [1.29, 1.82) is 0 Å². The van der Waals surface area contributed by atoms with Crippen LogP contribution in [0.5, 0.6) is 0 Å². The Morgan fingerprint density at radius 1 is 1.38 bits per heavy atom. The summed E-state index contributed by atoms with van der Waals surface area (Å²) < 4.78 is 1.09. The van der Waals surface area contributed by atoms with Gasteiger partial charge in [-0.25, -0.2) is 0 Å². The topological polar surface area (TPSA) is 29.1 Å². The molecule has 16 heavy (non-hydrogen) atoms. The smallest absolute Gasteiger partial charge is 0.256 e. The van der Waals surface area contributed by atoms with Crippen LogP contribution in [0.1, 0.15) is 10.4 Å². The first-order valence-electron chi connectivity index (χ1n) is 4.47. The third-order valence-corrected chi connectivity index (χ3v) is 4.07. The van der Waals surface area contributed by atoms with Gasteiger partial charge in [0.2, 0.25) is 0 Å². The Labute approximate surface area is 116 Å². The van der Waals surface area contributed by atoms with Crippen LogP contribution in [0.25, 0.3) is 0 Å². The van der Waals surface area contributed by atoms with Gasteiger partial charge >= 0.3 is 0 Å². The van der Waals surface area contributed by atoms with Gasteiger partial charge in [-0.1, -0.05) is 23.7 Å². The van der Waals surface area contributed by atoms with Crippen molar-refractivity contribution in [3.05, 3.63) is 49.2 Å². The zero-order chi connectivity index (χ0) is 11.5. The van der Waals surface area contributed by atoms with Gasteiger partial charge in [0.1, 0.15) is 0 Å². The van der Waals surface area contributed by atoms with Crippen molar-refractivity contribution < 1.29 is 4.79 Å². The maximum atomic E-state index is 11.8. The van der Waals surface area contributed by atoms with Gasteiger partial charge in [0.15, 0.2) is 0 Å². The molecule has 0 aliphatic rings. The molecule has 1 N–H and O–H groups in total. The van der Waals surface area contributed by atoms with Crippen molar-refractivity contribution >= 4 is 57.1 Å². The van der Waals surface area contributed by atoms with Crippen molar-refractivity contribution in [2.24, 2.45) is 0 Å². The first-order valence-corrected chi connectivity index (χ1v) is 6.80. The first-order chi connectivity index (χ1) is 7.66. The lowest BCUT2D eigenvalue weighted by Gasteiger charge is -2.05. The molecule has 2 aromatic rings. The molecule has 0 spiro atoms. The third-order valence-electron chi connectivity index (χ3n) is 1.95. The highest BCUT2D eigenvalue weighted by atomic mass is 127.